The van der Waals surface area contributed by atoms with Crippen molar-refractivity contribution in [3.8, 4) is 0 Å². The van der Waals surface area contributed by atoms with Crippen molar-refractivity contribution in [3.05, 3.63) is 34.4 Å². The van der Waals surface area contributed by atoms with Gasteiger partial charge in [0.15, 0.2) is 11.6 Å². The highest BCUT2D eigenvalue weighted by atomic mass is 35.5. The molecule has 0 spiro atoms. The first-order chi connectivity index (χ1) is 5.84. The molecule has 5 heteroatoms. The average Bonchev–Trinajstić information content (AvgIpc) is 1.98. The summed E-state index contributed by atoms with van der Waals surface area (Å²) in [5, 5.41) is -0.243. The summed E-state index contributed by atoms with van der Waals surface area (Å²) < 4.78 is 25.6. The summed E-state index contributed by atoms with van der Waals surface area (Å²) in [6.07, 6.45) is 0. The highest BCUT2D eigenvalue weighted by Crippen LogP contribution is 2.29. The molecule has 1 rings (SSSR count). The molecular formula is C9H11Cl2F2N. The number of halogens is 4. The van der Waals surface area contributed by atoms with Gasteiger partial charge in [-0.05, 0) is 25.5 Å². The number of benzene rings is 1. The SMILES string of the molecule is CC(C)(N)c1ccc(F)c(F)c1Cl.Cl. The van der Waals surface area contributed by atoms with Crippen LogP contribution < -0.4 is 5.73 Å². The summed E-state index contributed by atoms with van der Waals surface area (Å²) in [7, 11) is 0. The molecule has 0 amide bonds. The topological polar surface area (TPSA) is 26.0 Å². The van der Waals surface area contributed by atoms with Gasteiger partial charge < -0.3 is 5.73 Å². The maximum Gasteiger partial charge on any atom is 0.177 e. The Hall–Kier alpha value is -0.380. The minimum atomic E-state index is -1.04. The second-order valence-electron chi connectivity index (χ2n) is 3.44. The van der Waals surface area contributed by atoms with Crippen molar-refractivity contribution in [1.29, 1.82) is 0 Å². The van der Waals surface area contributed by atoms with E-state index in [0.29, 0.717) is 5.56 Å². The second-order valence-corrected chi connectivity index (χ2v) is 3.82. The van der Waals surface area contributed by atoms with Crippen molar-refractivity contribution >= 4 is 24.0 Å². The summed E-state index contributed by atoms with van der Waals surface area (Å²) in [6, 6.07) is 2.41. The molecule has 1 aromatic carbocycles. The third kappa shape index (κ3) is 2.56. The Balaban J connectivity index is 0.00000169. The molecule has 0 radical (unpaired) electrons. The molecule has 0 fully saturated rings. The van der Waals surface area contributed by atoms with E-state index >= 15 is 0 Å². The number of rotatable bonds is 1. The molecule has 0 saturated carbocycles. The van der Waals surface area contributed by atoms with Crippen LogP contribution in [-0.4, -0.2) is 0 Å². The zero-order chi connectivity index (χ0) is 10.2. The van der Waals surface area contributed by atoms with Crippen molar-refractivity contribution < 1.29 is 8.78 Å². The lowest BCUT2D eigenvalue weighted by Crippen LogP contribution is -2.29. The van der Waals surface area contributed by atoms with Crippen LogP contribution in [0, 0.1) is 11.6 Å². The number of hydrogen-bond acceptors (Lipinski definition) is 1. The third-order valence-corrected chi connectivity index (χ3v) is 2.10. The van der Waals surface area contributed by atoms with Crippen LogP contribution in [0.4, 0.5) is 8.78 Å². The van der Waals surface area contributed by atoms with Gasteiger partial charge in [-0.15, -0.1) is 12.4 Å². The van der Waals surface area contributed by atoms with Crippen LogP contribution in [-0.2, 0) is 5.54 Å². The van der Waals surface area contributed by atoms with E-state index in [9.17, 15) is 8.78 Å². The fraction of sp³-hybridized carbons (Fsp3) is 0.333. The van der Waals surface area contributed by atoms with Gasteiger partial charge in [-0.2, -0.15) is 0 Å². The fourth-order valence-corrected chi connectivity index (χ4v) is 1.42. The van der Waals surface area contributed by atoms with Gasteiger partial charge in [0.05, 0.1) is 5.02 Å². The molecule has 80 valence electrons. The number of hydrogen-bond donors (Lipinski definition) is 1. The molecule has 1 aromatic rings. The van der Waals surface area contributed by atoms with Crippen LogP contribution in [0.1, 0.15) is 19.4 Å². The van der Waals surface area contributed by atoms with Crippen LogP contribution in [0.15, 0.2) is 12.1 Å². The summed E-state index contributed by atoms with van der Waals surface area (Å²) in [5.41, 5.74) is 5.33. The van der Waals surface area contributed by atoms with Crippen molar-refractivity contribution in [3.63, 3.8) is 0 Å². The first-order valence-electron chi connectivity index (χ1n) is 3.77. The Morgan fingerprint density at radius 1 is 1.29 bits per heavy atom. The summed E-state index contributed by atoms with van der Waals surface area (Å²) in [5.74, 6) is -2.00. The molecule has 2 N–H and O–H groups in total. The quantitative estimate of drug-likeness (QED) is 0.751. The minimum Gasteiger partial charge on any atom is -0.322 e. The zero-order valence-electron chi connectivity index (χ0n) is 7.77. The Morgan fingerprint density at radius 3 is 2.21 bits per heavy atom. The molecule has 0 aliphatic heterocycles. The first-order valence-corrected chi connectivity index (χ1v) is 4.14. The van der Waals surface area contributed by atoms with E-state index < -0.39 is 17.2 Å². The molecular weight excluding hydrogens is 231 g/mol. The molecule has 0 aliphatic carbocycles. The fourth-order valence-electron chi connectivity index (χ4n) is 1.02. The normalized spacial score (nSPS) is 11.0. The predicted octanol–water partition coefficient (Wildman–Crippen LogP) is 3.23. The standard InChI is InChI=1S/C9H10ClF2N.ClH/c1-9(2,13)5-3-4-6(11)8(12)7(5)10;/h3-4H,13H2,1-2H3;1H. The predicted molar refractivity (Wildman–Crippen MR) is 55.8 cm³/mol. The zero-order valence-corrected chi connectivity index (χ0v) is 9.35. The van der Waals surface area contributed by atoms with E-state index in [1.54, 1.807) is 13.8 Å². The summed E-state index contributed by atoms with van der Waals surface area (Å²) in [4.78, 5) is 0. The van der Waals surface area contributed by atoms with Gasteiger partial charge in [-0.1, -0.05) is 17.7 Å². The van der Waals surface area contributed by atoms with Gasteiger partial charge in [0.25, 0.3) is 0 Å². The van der Waals surface area contributed by atoms with Gasteiger partial charge >= 0.3 is 0 Å². The second kappa shape index (κ2) is 4.43. The van der Waals surface area contributed by atoms with E-state index in [1.807, 2.05) is 0 Å². The smallest absolute Gasteiger partial charge is 0.177 e. The van der Waals surface area contributed by atoms with E-state index in [1.165, 1.54) is 6.07 Å². The van der Waals surface area contributed by atoms with Crippen LogP contribution in [0.25, 0.3) is 0 Å². The van der Waals surface area contributed by atoms with E-state index in [4.69, 9.17) is 17.3 Å². The highest BCUT2D eigenvalue weighted by molar-refractivity contribution is 6.31. The average molecular weight is 242 g/mol. The van der Waals surface area contributed by atoms with Crippen molar-refractivity contribution in [2.24, 2.45) is 5.73 Å². The Kier molecular flexibility index (Phi) is 4.31. The van der Waals surface area contributed by atoms with E-state index in [0.717, 1.165) is 6.07 Å². The summed E-state index contributed by atoms with van der Waals surface area (Å²) >= 11 is 5.59. The maximum absolute atomic E-state index is 13.0. The Bertz CT molecular complexity index is 334. The highest BCUT2D eigenvalue weighted by Gasteiger charge is 2.21. The molecule has 0 aliphatic rings. The van der Waals surface area contributed by atoms with E-state index in [-0.39, 0.29) is 17.4 Å². The van der Waals surface area contributed by atoms with Gasteiger partial charge in [-0.25, -0.2) is 8.78 Å². The molecule has 0 atom stereocenters. The van der Waals surface area contributed by atoms with Gasteiger partial charge in [0.1, 0.15) is 0 Å². The minimum absolute atomic E-state index is 0. The van der Waals surface area contributed by atoms with Gasteiger partial charge in [-0.3, -0.25) is 0 Å². The Morgan fingerprint density at radius 2 is 1.79 bits per heavy atom. The molecule has 0 heterocycles. The monoisotopic (exact) mass is 241 g/mol. The lowest BCUT2D eigenvalue weighted by Gasteiger charge is -2.20. The first kappa shape index (κ1) is 13.6. The molecule has 0 aromatic heterocycles. The number of nitrogens with two attached hydrogens (primary N) is 1. The van der Waals surface area contributed by atoms with Crippen LogP contribution >= 0.6 is 24.0 Å². The maximum atomic E-state index is 13.0. The van der Waals surface area contributed by atoms with Crippen molar-refractivity contribution in [2.45, 2.75) is 19.4 Å². The lowest BCUT2D eigenvalue weighted by atomic mass is 9.95. The van der Waals surface area contributed by atoms with Crippen molar-refractivity contribution in [1.82, 2.24) is 0 Å². The third-order valence-electron chi connectivity index (χ3n) is 1.73. The van der Waals surface area contributed by atoms with Gasteiger partial charge in [0, 0.05) is 5.54 Å². The van der Waals surface area contributed by atoms with Crippen molar-refractivity contribution in [2.75, 3.05) is 0 Å². The lowest BCUT2D eigenvalue weighted by molar-refractivity contribution is 0.494. The molecule has 0 saturated heterocycles. The Labute approximate surface area is 92.7 Å². The molecule has 14 heavy (non-hydrogen) atoms. The molecule has 0 unspecified atom stereocenters. The summed E-state index contributed by atoms with van der Waals surface area (Å²) in [6.45, 7) is 3.34. The van der Waals surface area contributed by atoms with E-state index in [2.05, 4.69) is 0 Å². The van der Waals surface area contributed by atoms with Crippen LogP contribution in [0.2, 0.25) is 5.02 Å². The molecule has 1 nitrogen and oxygen atoms in total. The van der Waals surface area contributed by atoms with Gasteiger partial charge in [0.2, 0.25) is 0 Å². The van der Waals surface area contributed by atoms with Crippen LogP contribution in [0.5, 0.6) is 0 Å². The molecule has 0 bridgehead atoms. The van der Waals surface area contributed by atoms with Crippen LogP contribution in [0.3, 0.4) is 0 Å². The largest absolute Gasteiger partial charge is 0.322 e.